The van der Waals surface area contributed by atoms with E-state index in [1.54, 1.807) is 24.3 Å². The van der Waals surface area contributed by atoms with Crippen molar-refractivity contribution in [2.24, 2.45) is 0 Å². The molecule has 128 valence electrons. The third-order valence-corrected chi connectivity index (χ3v) is 4.74. The van der Waals surface area contributed by atoms with Crippen molar-refractivity contribution in [1.82, 2.24) is 4.90 Å². The van der Waals surface area contributed by atoms with Crippen LogP contribution in [-0.2, 0) is 0 Å². The first-order valence-electron chi connectivity index (χ1n) is 8.71. The van der Waals surface area contributed by atoms with Gasteiger partial charge in [0.2, 0.25) is 0 Å². The molecule has 0 aromatic heterocycles. The second-order valence-electron chi connectivity index (χ2n) is 6.59. The highest BCUT2D eigenvalue weighted by atomic mass is 16.5. The van der Waals surface area contributed by atoms with E-state index in [0.29, 0.717) is 36.4 Å². The predicted molar refractivity (Wildman–Crippen MR) is 92.0 cm³/mol. The van der Waals surface area contributed by atoms with Gasteiger partial charge in [0.1, 0.15) is 18.5 Å². The summed E-state index contributed by atoms with van der Waals surface area (Å²) >= 11 is 0. The van der Waals surface area contributed by atoms with Crippen molar-refractivity contribution in [3.63, 3.8) is 0 Å². The number of β-amino-alcohol motifs (C(OH)–C–C–N with tert-alkyl or cyclic N) is 1. The number of aliphatic hydroxyl groups is 1. The Morgan fingerprint density at radius 2 is 1.87 bits per heavy atom. The Morgan fingerprint density at radius 1 is 1.26 bits per heavy atom. The molecule has 1 saturated heterocycles. The molecular weight excluding hydrogens is 290 g/mol. The fourth-order valence-corrected chi connectivity index (χ4v) is 3.26. The molecule has 1 heterocycles. The predicted octanol–water partition coefficient (Wildman–Crippen LogP) is 3.28. The Kier molecular flexibility index (Phi) is 6.60. The Bertz CT molecular complexity index is 490. The van der Waals surface area contributed by atoms with Crippen LogP contribution in [0.15, 0.2) is 24.3 Å². The number of carbonyl (C=O) groups is 1. The Labute approximate surface area is 139 Å². The van der Waals surface area contributed by atoms with Crippen LogP contribution in [0.3, 0.4) is 0 Å². The molecular formula is C19H29NO3. The van der Waals surface area contributed by atoms with E-state index in [9.17, 15) is 9.90 Å². The number of piperidine rings is 1. The molecule has 23 heavy (non-hydrogen) atoms. The number of ether oxygens (including phenoxy) is 1. The number of carbonyl (C=O) groups excluding carboxylic acids is 1. The number of likely N-dealkylation sites (tertiary alicyclic amines) is 1. The van der Waals surface area contributed by atoms with E-state index in [0.717, 1.165) is 0 Å². The standard InChI is InChI=1S/C19H29NO3/c1-4-19(22)16-8-10-18(11-9-16)23-13-17(21)12-20-14(2)6-5-7-15(20)3/h8-11,14-15,17,21H,4-7,12-13H2,1-3H3/t14-,15-,17-/m0/s1. The fourth-order valence-electron chi connectivity index (χ4n) is 3.26. The molecule has 1 fully saturated rings. The summed E-state index contributed by atoms with van der Waals surface area (Å²) in [5.74, 6) is 0.820. The van der Waals surface area contributed by atoms with Gasteiger partial charge < -0.3 is 9.84 Å². The molecule has 4 nitrogen and oxygen atoms in total. The minimum atomic E-state index is -0.505. The van der Waals surface area contributed by atoms with Gasteiger partial charge in [0.05, 0.1) is 0 Å². The van der Waals surface area contributed by atoms with Crippen molar-refractivity contribution in [3.05, 3.63) is 29.8 Å². The number of nitrogens with zero attached hydrogens (tertiary/aromatic N) is 1. The Morgan fingerprint density at radius 3 is 2.43 bits per heavy atom. The van der Waals surface area contributed by atoms with Gasteiger partial charge in [0.25, 0.3) is 0 Å². The maximum atomic E-state index is 11.6. The molecule has 0 saturated carbocycles. The number of ketones is 1. The molecule has 0 aliphatic carbocycles. The van der Waals surface area contributed by atoms with Crippen LogP contribution in [0.4, 0.5) is 0 Å². The van der Waals surface area contributed by atoms with Crippen molar-refractivity contribution in [2.75, 3.05) is 13.2 Å². The van der Waals surface area contributed by atoms with Crippen LogP contribution in [0.25, 0.3) is 0 Å². The summed E-state index contributed by atoms with van der Waals surface area (Å²) in [5, 5.41) is 10.3. The van der Waals surface area contributed by atoms with Crippen LogP contribution in [0.1, 0.15) is 56.8 Å². The topological polar surface area (TPSA) is 49.8 Å². The SMILES string of the molecule is CCC(=O)c1ccc(OC[C@@H](O)CN2[C@@H](C)CCC[C@@H]2C)cc1. The van der Waals surface area contributed by atoms with Crippen molar-refractivity contribution in [3.8, 4) is 5.75 Å². The lowest BCUT2D eigenvalue weighted by Gasteiger charge is -2.40. The van der Waals surface area contributed by atoms with E-state index in [-0.39, 0.29) is 12.4 Å². The largest absolute Gasteiger partial charge is 0.491 e. The van der Waals surface area contributed by atoms with Crippen LogP contribution in [0, 0.1) is 0 Å². The van der Waals surface area contributed by atoms with Crippen molar-refractivity contribution >= 4 is 5.78 Å². The van der Waals surface area contributed by atoms with E-state index < -0.39 is 6.10 Å². The van der Waals surface area contributed by atoms with Crippen molar-refractivity contribution in [1.29, 1.82) is 0 Å². The second kappa shape index (κ2) is 8.46. The highest BCUT2D eigenvalue weighted by Gasteiger charge is 2.26. The number of aliphatic hydroxyl groups excluding tert-OH is 1. The highest BCUT2D eigenvalue weighted by molar-refractivity contribution is 5.95. The molecule has 0 amide bonds. The third-order valence-electron chi connectivity index (χ3n) is 4.74. The van der Waals surface area contributed by atoms with Crippen LogP contribution in [-0.4, -0.2) is 47.1 Å². The van der Waals surface area contributed by atoms with Crippen LogP contribution < -0.4 is 4.74 Å². The normalized spacial score (nSPS) is 23.5. The van der Waals surface area contributed by atoms with Gasteiger partial charge in [0, 0.05) is 30.6 Å². The first-order valence-corrected chi connectivity index (χ1v) is 8.71. The molecule has 1 N–H and O–H groups in total. The minimum Gasteiger partial charge on any atom is -0.491 e. The van der Waals surface area contributed by atoms with E-state index in [4.69, 9.17) is 4.74 Å². The van der Waals surface area contributed by atoms with Gasteiger partial charge in [-0.2, -0.15) is 0 Å². The van der Waals surface area contributed by atoms with Crippen LogP contribution in [0.5, 0.6) is 5.75 Å². The number of Topliss-reactive ketones (excluding diaryl/α,β-unsaturated/α-hetero) is 1. The summed E-state index contributed by atoms with van der Waals surface area (Å²) in [6.07, 6.45) is 3.67. The number of hydrogen-bond donors (Lipinski definition) is 1. The molecule has 0 bridgehead atoms. The molecule has 1 aliphatic heterocycles. The molecule has 3 atom stereocenters. The number of benzene rings is 1. The molecule has 1 aromatic rings. The quantitative estimate of drug-likeness (QED) is 0.784. The highest BCUT2D eigenvalue weighted by Crippen LogP contribution is 2.22. The summed E-state index contributed by atoms with van der Waals surface area (Å²) < 4.78 is 5.66. The molecule has 2 rings (SSSR count). The zero-order chi connectivity index (χ0) is 16.8. The molecule has 0 spiro atoms. The van der Waals surface area contributed by atoms with Gasteiger partial charge in [0.15, 0.2) is 5.78 Å². The lowest BCUT2D eigenvalue weighted by molar-refractivity contribution is 0.0209. The van der Waals surface area contributed by atoms with E-state index in [1.807, 2.05) is 6.92 Å². The van der Waals surface area contributed by atoms with Gasteiger partial charge in [-0.1, -0.05) is 13.3 Å². The summed E-state index contributed by atoms with van der Waals surface area (Å²) in [6, 6.07) is 8.19. The molecule has 4 heteroatoms. The first-order chi connectivity index (χ1) is 11.0. The fraction of sp³-hybridized carbons (Fsp3) is 0.632. The number of hydrogen-bond acceptors (Lipinski definition) is 4. The average Bonchev–Trinajstić information content (AvgIpc) is 2.56. The van der Waals surface area contributed by atoms with Gasteiger partial charge in [-0.25, -0.2) is 0 Å². The number of rotatable bonds is 7. The Balaban J connectivity index is 1.81. The van der Waals surface area contributed by atoms with E-state index in [1.165, 1.54) is 19.3 Å². The molecule has 0 radical (unpaired) electrons. The smallest absolute Gasteiger partial charge is 0.162 e. The van der Waals surface area contributed by atoms with Crippen molar-refractivity contribution < 1.29 is 14.6 Å². The zero-order valence-electron chi connectivity index (χ0n) is 14.5. The van der Waals surface area contributed by atoms with Gasteiger partial charge in [-0.15, -0.1) is 0 Å². The minimum absolute atomic E-state index is 0.129. The Hall–Kier alpha value is -1.39. The van der Waals surface area contributed by atoms with E-state index >= 15 is 0 Å². The van der Waals surface area contributed by atoms with Gasteiger partial charge in [-0.05, 0) is 51.0 Å². The summed E-state index contributed by atoms with van der Waals surface area (Å²) in [6.45, 7) is 7.23. The molecule has 1 aliphatic rings. The van der Waals surface area contributed by atoms with Crippen LogP contribution in [0.2, 0.25) is 0 Å². The van der Waals surface area contributed by atoms with Crippen LogP contribution >= 0.6 is 0 Å². The maximum Gasteiger partial charge on any atom is 0.162 e. The monoisotopic (exact) mass is 319 g/mol. The molecule has 0 unspecified atom stereocenters. The first kappa shape index (κ1) is 18.0. The average molecular weight is 319 g/mol. The third kappa shape index (κ3) is 5.05. The lowest BCUT2D eigenvalue weighted by atomic mass is 9.97. The second-order valence-corrected chi connectivity index (χ2v) is 6.59. The molecule has 1 aromatic carbocycles. The van der Waals surface area contributed by atoms with E-state index in [2.05, 4.69) is 18.7 Å². The summed E-state index contributed by atoms with van der Waals surface area (Å²) in [7, 11) is 0. The van der Waals surface area contributed by atoms with Crippen molar-refractivity contribution in [2.45, 2.75) is 64.6 Å². The lowest BCUT2D eigenvalue weighted by Crippen LogP contribution is -2.48. The zero-order valence-corrected chi connectivity index (χ0v) is 14.5. The van der Waals surface area contributed by atoms with Gasteiger partial charge in [-0.3, -0.25) is 9.69 Å². The maximum absolute atomic E-state index is 11.6. The summed E-state index contributed by atoms with van der Waals surface area (Å²) in [5.41, 5.74) is 0.705. The summed E-state index contributed by atoms with van der Waals surface area (Å²) in [4.78, 5) is 14.0. The van der Waals surface area contributed by atoms with Gasteiger partial charge >= 0.3 is 0 Å².